The summed E-state index contributed by atoms with van der Waals surface area (Å²) in [6.45, 7) is 4.60. The number of nitrogens with one attached hydrogen (secondary N) is 4. The van der Waals surface area contributed by atoms with E-state index in [4.69, 9.17) is 0 Å². The molecule has 4 rings (SSSR count). The maximum absolute atomic E-state index is 12.8. The lowest BCUT2D eigenvalue weighted by molar-refractivity contribution is -0.124. The van der Waals surface area contributed by atoms with Crippen molar-refractivity contribution >= 4 is 17.5 Å². The van der Waals surface area contributed by atoms with Gasteiger partial charge in [-0.3, -0.25) is 15.0 Å². The van der Waals surface area contributed by atoms with Gasteiger partial charge in [-0.1, -0.05) is 12.1 Å². The molecule has 0 spiro atoms. The van der Waals surface area contributed by atoms with Crippen molar-refractivity contribution in [3.05, 3.63) is 29.8 Å². The quantitative estimate of drug-likeness (QED) is 0.629. The first-order valence-corrected chi connectivity index (χ1v) is 9.56. The molecule has 3 saturated heterocycles. The number of carbonyl (C=O) groups is 2. The Bertz CT molecular complexity index is 694. The third-order valence-electron chi connectivity index (χ3n) is 5.78. The molecule has 0 saturated carbocycles. The highest BCUT2D eigenvalue weighted by Crippen LogP contribution is 2.25. The summed E-state index contributed by atoms with van der Waals surface area (Å²) < 4.78 is 0. The summed E-state index contributed by atoms with van der Waals surface area (Å²) in [5.74, 6) is 0.462. The molecule has 4 unspecified atom stereocenters. The lowest BCUT2D eigenvalue weighted by Crippen LogP contribution is -2.49. The van der Waals surface area contributed by atoms with Crippen molar-refractivity contribution in [3.8, 4) is 0 Å². The van der Waals surface area contributed by atoms with Gasteiger partial charge in [-0.25, -0.2) is 5.43 Å². The Balaban J connectivity index is 1.42. The van der Waals surface area contributed by atoms with Crippen molar-refractivity contribution in [2.45, 2.75) is 44.3 Å². The fraction of sp³-hybridized carbons (Fsp3) is 0.579. The van der Waals surface area contributed by atoms with E-state index in [1.54, 1.807) is 0 Å². The van der Waals surface area contributed by atoms with Crippen LogP contribution < -0.4 is 26.4 Å². The normalized spacial score (nSPS) is 29.5. The highest BCUT2D eigenvalue weighted by Gasteiger charge is 2.41. The van der Waals surface area contributed by atoms with Gasteiger partial charge in [0.25, 0.3) is 0 Å². The third kappa shape index (κ3) is 3.34. The molecule has 1 aromatic rings. The number of rotatable bonds is 4. The second-order valence-corrected chi connectivity index (χ2v) is 7.50. The van der Waals surface area contributed by atoms with Crippen LogP contribution in [0, 0.1) is 5.92 Å². The Hall–Kier alpha value is -1.96. The van der Waals surface area contributed by atoms with Gasteiger partial charge in [0, 0.05) is 37.2 Å². The number of benzene rings is 1. The van der Waals surface area contributed by atoms with Crippen LogP contribution >= 0.6 is 0 Å². The maximum Gasteiger partial charge on any atom is 0.239 e. The minimum Gasteiger partial charge on any atom is -0.348 e. The number of piperidine rings is 1. The lowest BCUT2D eigenvalue weighted by atomic mass is 9.89. The van der Waals surface area contributed by atoms with E-state index in [-0.39, 0.29) is 29.8 Å². The standard InChI is InChI=1S/C19H27N5O2/c1-12(13-4-2-5-14(10-13)24-9-3-6-17(24)25)21-19(26)18-15-11-20-8-7-16(15)22-23-18/h2,4-5,10,12,15-16,18,20,22-23H,3,6-9,11H2,1H3,(H,21,26). The lowest BCUT2D eigenvalue weighted by Gasteiger charge is -2.28. The second kappa shape index (κ2) is 7.34. The Kier molecular flexibility index (Phi) is 4.93. The van der Waals surface area contributed by atoms with Crippen molar-refractivity contribution < 1.29 is 9.59 Å². The van der Waals surface area contributed by atoms with Crippen molar-refractivity contribution in [1.82, 2.24) is 21.5 Å². The van der Waals surface area contributed by atoms with Gasteiger partial charge >= 0.3 is 0 Å². The van der Waals surface area contributed by atoms with Crippen LogP contribution in [0.1, 0.15) is 37.8 Å². The summed E-state index contributed by atoms with van der Waals surface area (Å²) in [7, 11) is 0. The molecule has 7 nitrogen and oxygen atoms in total. The minimum absolute atomic E-state index is 0.0175. The minimum atomic E-state index is -0.224. The largest absolute Gasteiger partial charge is 0.348 e. The highest BCUT2D eigenvalue weighted by molar-refractivity contribution is 5.95. The molecule has 3 aliphatic rings. The van der Waals surface area contributed by atoms with Crippen molar-refractivity contribution in [2.75, 3.05) is 24.5 Å². The van der Waals surface area contributed by atoms with Gasteiger partial charge < -0.3 is 15.5 Å². The summed E-state index contributed by atoms with van der Waals surface area (Å²) in [5.41, 5.74) is 8.35. The predicted molar refractivity (Wildman–Crippen MR) is 99.4 cm³/mol. The SMILES string of the molecule is CC(NC(=O)C1NNC2CCNCC21)c1cccc(N2CCCC2=O)c1. The van der Waals surface area contributed by atoms with Gasteiger partial charge in [0.2, 0.25) is 11.8 Å². The van der Waals surface area contributed by atoms with E-state index < -0.39 is 0 Å². The summed E-state index contributed by atoms with van der Waals surface area (Å²) in [4.78, 5) is 26.6. The number of hydrogen-bond donors (Lipinski definition) is 4. The summed E-state index contributed by atoms with van der Waals surface area (Å²) in [6, 6.07) is 7.94. The van der Waals surface area contributed by atoms with E-state index in [9.17, 15) is 9.59 Å². The number of fused-ring (bicyclic) bond motifs is 1. The molecule has 2 amide bonds. The Morgan fingerprint density at radius 3 is 3.04 bits per heavy atom. The van der Waals surface area contributed by atoms with E-state index >= 15 is 0 Å². The Labute approximate surface area is 153 Å². The summed E-state index contributed by atoms with van der Waals surface area (Å²) in [6.07, 6.45) is 2.56. The molecule has 0 bridgehead atoms. The predicted octanol–water partition coefficient (Wildman–Crippen LogP) is 0.445. The number of carbonyl (C=O) groups excluding carboxylic acids is 2. The zero-order chi connectivity index (χ0) is 18.1. The number of amides is 2. The van der Waals surface area contributed by atoms with Gasteiger partial charge in [-0.15, -0.1) is 0 Å². The molecule has 7 heteroatoms. The van der Waals surface area contributed by atoms with E-state index in [0.29, 0.717) is 12.5 Å². The Morgan fingerprint density at radius 2 is 2.23 bits per heavy atom. The molecule has 140 valence electrons. The molecule has 3 aliphatic heterocycles. The fourth-order valence-corrected chi connectivity index (χ4v) is 4.25. The van der Waals surface area contributed by atoms with E-state index in [2.05, 4.69) is 21.5 Å². The second-order valence-electron chi connectivity index (χ2n) is 7.50. The van der Waals surface area contributed by atoms with Crippen molar-refractivity contribution in [3.63, 3.8) is 0 Å². The van der Waals surface area contributed by atoms with Gasteiger partial charge in [0.15, 0.2) is 0 Å². The molecule has 3 heterocycles. The molecule has 26 heavy (non-hydrogen) atoms. The monoisotopic (exact) mass is 357 g/mol. The summed E-state index contributed by atoms with van der Waals surface area (Å²) >= 11 is 0. The molecule has 0 aromatic heterocycles. The highest BCUT2D eigenvalue weighted by atomic mass is 16.2. The maximum atomic E-state index is 12.8. The molecule has 1 aromatic carbocycles. The van der Waals surface area contributed by atoms with Gasteiger partial charge in [0.05, 0.1) is 6.04 Å². The van der Waals surface area contributed by atoms with Crippen LogP contribution in [0.5, 0.6) is 0 Å². The average Bonchev–Trinajstić information content (AvgIpc) is 3.28. The van der Waals surface area contributed by atoms with E-state index in [1.165, 1.54) is 0 Å². The van der Waals surface area contributed by atoms with Crippen LogP contribution in [-0.4, -0.2) is 43.5 Å². The number of nitrogens with zero attached hydrogens (tertiary/aromatic N) is 1. The first-order valence-electron chi connectivity index (χ1n) is 9.56. The molecular weight excluding hydrogens is 330 g/mol. The zero-order valence-electron chi connectivity index (χ0n) is 15.1. The van der Waals surface area contributed by atoms with Crippen LogP contribution in [0.3, 0.4) is 0 Å². The average molecular weight is 357 g/mol. The van der Waals surface area contributed by atoms with Crippen LogP contribution in [0.2, 0.25) is 0 Å². The molecule has 4 atom stereocenters. The topological polar surface area (TPSA) is 85.5 Å². The van der Waals surface area contributed by atoms with Crippen LogP contribution in [0.15, 0.2) is 24.3 Å². The first-order chi connectivity index (χ1) is 12.6. The van der Waals surface area contributed by atoms with Gasteiger partial charge in [-0.05, 0) is 44.0 Å². The molecule has 0 radical (unpaired) electrons. The number of anilines is 1. The number of hydrazine groups is 1. The molecule has 3 fully saturated rings. The van der Waals surface area contributed by atoms with Crippen LogP contribution in [0.4, 0.5) is 5.69 Å². The van der Waals surface area contributed by atoms with Gasteiger partial charge in [-0.2, -0.15) is 0 Å². The van der Waals surface area contributed by atoms with E-state index in [0.717, 1.165) is 43.7 Å². The zero-order valence-corrected chi connectivity index (χ0v) is 15.1. The molecular formula is C19H27N5O2. The fourth-order valence-electron chi connectivity index (χ4n) is 4.25. The van der Waals surface area contributed by atoms with Crippen molar-refractivity contribution in [2.24, 2.45) is 5.92 Å². The van der Waals surface area contributed by atoms with Crippen molar-refractivity contribution in [1.29, 1.82) is 0 Å². The van der Waals surface area contributed by atoms with Crippen LogP contribution in [-0.2, 0) is 9.59 Å². The van der Waals surface area contributed by atoms with Crippen LogP contribution in [0.25, 0.3) is 0 Å². The summed E-state index contributed by atoms with van der Waals surface area (Å²) in [5, 5.41) is 6.50. The van der Waals surface area contributed by atoms with Gasteiger partial charge in [0.1, 0.15) is 6.04 Å². The Morgan fingerprint density at radius 1 is 1.35 bits per heavy atom. The molecule has 0 aliphatic carbocycles. The van der Waals surface area contributed by atoms with E-state index in [1.807, 2.05) is 36.1 Å². The smallest absolute Gasteiger partial charge is 0.239 e. The number of hydrogen-bond acceptors (Lipinski definition) is 5. The third-order valence-corrected chi connectivity index (χ3v) is 5.78. The first kappa shape index (κ1) is 17.5. The molecule has 4 N–H and O–H groups in total.